The zero-order valence-corrected chi connectivity index (χ0v) is 17.1. The van der Waals surface area contributed by atoms with Crippen molar-refractivity contribution in [3.63, 3.8) is 0 Å². The fourth-order valence-corrected chi connectivity index (χ4v) is 4.15. The Bertz CT molecular complexity index is 966. The summed E-state index contributed by atoms with van der Waals surface area (Å²) in [7, 11) is 0. The first-order chi connectivity index (χ1) is 13.3. The Labute approximate surface area is 168 Å². The standard InChI is InChI=1S/C22H24FN3OS/c1-22(2,3)26-18(14-6-7-14)13-17(25-26)21(27)24-20(19-5-4-12-28-19)15-8-10-16(23)11-9-15/h4-5,8-14,20H,6-7H2,1-3H3,(H,24,27). The summed E-state index contributed by atoms with van der Waals surface area (Å²) < 4.78 is 15.3. The van der Waals surface area contributed by atoms with Crippen LogP contribution < -0.4 is 5.32 Å². The molecule has 4 nitrogen and oxygen atoms in total. The topological polar surface area (TPSA) is 46.9 Å². The van der Waals surface area contributed by atoms with E-state index in [4.69, 9.17) is 0 Å². The van der Waals surface area contributed by atoms with Crippen molar-refractivity contribution in [1.82, 2.24) is 15.1 Å². The van der Waals surface area contributed by atoms with Crippen molar-refractivity contribution >= 4 is 17.2 Å². The third-order valence-electron chi connectivity index (χ3n) is 4.91. The van der Waals surface area contributed by atoms with Gasteiger partial charge in [-0.3, -0.25) is 9.48 Å². The molecule has 1 aromatic carbocycles. The highest BCUT2D eigenvalue weighted by Crippen LogP contribution is 2.41. The van der Waals surface area contributed by atoms with Crippen LogP contribution in [0.5, 0.6) is 0 Å². The Morgan fingerprint density at radius 2 is 1.96 bits per heavy atom. The number of benzene rings is 1. The molecule has 1 atom stereocenters. The smallest absolute Gasteiger partial charge is 0.272 e. The molecule has 2 heterocycles. The Kier molecular flexibility index (Phi) is 4.83. The highest BCUT2D eigenvalue weighted by molar-refractivity contribution is 7.10. The van der Waals surface area contributed by atoms with Gasteiger partial charge in [-0.2, -0.15) is 5.10 Å². The normalized spacial score (nSPS) is 15.4. The van der Waals surface area contributed by atoms with Gasteiger partial charge in [0.1, 0.15) is 5.82 Å². The molecule has 1 unspecified atom stereocenters. The lowest BCUT2D eigenvalue weighted by Crippen LogP contribution is -2.30. The zero-order valence-electron chi connectivity index (χ0n) is 16.3. The average Bonchev–Trinajstić information content (AvgIpc) is 3.17. The molecule has 0 spiro atoms. The van der Waals surface area contributed by atoms with E-state index in [1.165, 1.54) is 12.1 Å². The first-order valence-corrected chi connectivity index (χ1v) is 10.4. The van der Waals surface area contributed by atoms with Gasteiger partial charge in [-0.05, 0) is 68.8 Å². The van der Waals surface area contributed by atoms with Crippen LogP contribution in [0.1, 0.15) is 72.2 Å². The van der Waals surface area contributed by atoms with Gasteiger partial charge < -0.3 is 5.32 Å². The number of halogens is 1. The van der Waals surface area contributed by atoms with E-state index in [2.05, 4.69) is 31.2 Å². The van der Waals surface area contributed by atoms with E-state index in [-0.39, 0.29) is 23.3 Å². The molecule has 4 rings (SSSR count). The SMILES string of the molecule is CC(C)(C)n1nc(C(=O)NC(c2ccc(F)cc2)c2cccs2)cc1C1CC1. The second-order valence-electron chi connectivity index (χ2n) is 8.28. The highest BCUT2D eigenvalue weighted by Gasteiger charge is 2.33. The number of hydrogen-bond acceptors (Lipinski definition) is 3. The van der Waals surface area contributed by atoms with Crippen molar-refractivity contribution in [2.75, 3.05) is 0 Å². The van der Waals surface area contributed by atoms with Crippen LogP contribution in [-0.4, -0.2) is 15.7 Å². The van der Waals surface area contributed by atoms with E-state index in [9.17, 15) is 9.18 Å². The number of carbonyl (C=O) groups is 1. The summed E-state index contributed by atoms with van der Waals surface area (Å²) >= 11 is 1.56. The molecule has 146 valence electrons. The molecule has 0 aliphatic heterocycles. The van der Waals surface area contributed by atoms with Gasteiger partial charge in [-0.15, -0.1) is 11.3 Å². The van der Waals surface area contributed by atoms with Crippen LogP contribution in [-0.2, 0) is 5.54 Å². The first-order valence-electron chi connectivity index (χ1n) is 9.53. The molecule has 28 heavy (non-hydrogen) atoms. The maximum atomic E-state index is 13.4. The monoisotopic (exact) mass is 397 g/mol. The Hall–Kier alpha value is -2.47. The number of amides is 1. The van der Waals surface area contributed by atoms with Crippen molar-refractivity contribution in [2.45, 2.75) is 51.1 Å². The van der Waals surface area contributed by atoms with E-state index in [0.29, 0.717) is 11.6 Å². The van der Waals surface area contributed by atoms with Crippen molar-refractivity contribution in [3.05, 3.63) is 75.5 Å². The summed E-state index contributed by atoms with van der Waals surface area (Å²) in [4.78, 5) is 14.1. The minimum absolute atomic E-state index is 0.180. The number of rotatable bonds is 5. The van der Waals surface area contributed by atoms with Crippen molar-refractivity contribution in [2.24, 2.45) is 0 Å². The van der Waals surface area contributed by atoms with Crippen LogP contribution in [0.2, 0.25) is 0 Å². The summed E-state index contributed by atoms with van der Waals surface area (Å²) in [5.41, 5.74) is 2.23. The molecule has 6 heteroatoms. The van der Waals surface area contributed by atoms with Crippen LogP contribution in [0.25, 0.3) is 0 Å². The van der Waals surface area contributed by atoms with E-state index < -0.39 is 0 Å². The Morgan fingerprint density at radius 1 is 1.25 bits per heavy atom. The molecule has 1 saturated carbocycles. The van der Waals surface area contributed by atoms with Gasteiger partial charge in [0.05, 0.1) is 11.6 Å². The molecule has 0 bridgehead atoms. The third-order valence-corrected chi connectivity index (χ3v) is 5.84. The van der Waals surface area contributed by atoms with E-state index in [1.54, 1.807) is 23.5 Å². The molecule has 3 aromatic rings. The summed E-state index contributed by atoms with van der Waals surface area (Å²) in [5.74, 6) is -0.0101. The summed E-state index contributed by atoms with van der Waals surface area (Å²) in [5, 5.41) is 9.70. The highest BCUT2D eigenvalue weighted by atomic mass is 32.1. The van der Waals surface area contributed by atoms with Crippen molar-refractivity contribution in [1.29, 1.82) is 0 Å². The number of hydrogen-bond donors (Lipinski definition) is 1. The molecule has 1 aliphatic rings. The Morgan fingerprint density at radius 3 is 2.54 bits per heavy atom. The van der Waals surface area contributed by atoms with Crippen LogP contribution in [0.3, 0.4) is 0 Å². The zero-order chi connectivity index (χ0) is 19.9. The molecule has 1 amide bonds. The van der Waals surface area contributed by atoms with Crippen LogP contribution in [0, 0.1) is 5.82 Å². The molecule has 0 radical (unpaired) electrons. The van der Waals surface area contributed by atoms with E-state index >= 15 is 0 Å². The largest absolute Gasteiger partial charge is 0.339 e. The summed E-state index contributed by atoms with van der Waals surface area (Å²) in [6.45, 7) is 6.29. The predicted molar refractivity (Wildman–Crippen MR) is 109 cm³/mol. The number of nitrogens with zero attached hydrogens (tertiary/aromatic N) is 2. The maximum Gasteiger partial charge on any atom is 0.272 e. The molecule has 1 aliphatic carbocycles. The van der Waals surface area contributed by atoms with Crippen molar-refractivity contribution in [3.8, 4) is 0 Å². The first kappa shape index (κ1) is 18.9. The average molecular weight is 398 g/mol. The molecule has 1 fully saturated rings. The second-order valence-corrected chi connectivity index (χ2v) is 9.26. The molecular weight excluding hydrogens is 373 g/mol. The van der Waals surface area contributed by atoms with Gasteiger partial charge >= 0.3 is 0 Å². The van der Waals surface area contributed by atoms with Gasteiger partial charge in [0, 0.05) is 16.5 Å². The lowest BCUT2D eigenvalue weighted by molar-refractivity contribution is 0.0937. The van der Waals surface area contributed by atoms with Gasteiger partial charge in [0.15, 0.2) is 5.69 Å². The Balaban J connectivity index is 1.64. The summed E-state index contributed by atoms with van der Waals surface area (Å²) in [6, 6.07) is 11.8. The molecular formula is C22H24FN3OS. The molecule has 0 saturated heterocycles. The van der Waals surface area contributed by atoms with Gasteiger partial charge in [0.2, 0.25) is 0 Å². The number of thiophene rings is 1. The van der Waals surface area contributed by atoms with E-state index in [1.807, 2.05) is 28.3 Å². The summed E-state index contributed by atoms with van der Waals surface area (Å²) in [6.07, 6.45) is 2.30. The lowest BCUT2D eigenvalue weighted by atomic mass is 10.0. The number of carbonyl (C=O) groups excluding carboxylic acids is 1. The van der Waals surface area contributed by atoms with Crippen LogP contribution in [0.4, 0.5) is 4.39 Å². The number of aromatic nitrogens is 2. The van der Waals surface area contributed by atoms with E-state index in [0.717, 1.165) is 29.0 Å². The van der Waals surface area contributed by atoms with Crippen LogP contribution in [0.15, 0.2) is 47.8 Å². The third kappa shape index (κ3) is 3.87. The fraction of sp³-hybridized carbons (Fsp3) is 0.364. The van der Waals surface area contributed by atoms with Crippen LogP contribution >= 0.6 is 11.3 Å². The van der Waals surface area contributed by atoms with Gasteiger partial charge in [-0.1, -0.05) is 18.2 Å². The molecule has 1 N–H and O–H groups in total. The number of nitrogens with one attached hydrogen (secondary N) is 1. The van der Waals surface area contributed by atoms with Crippen molar-refractivity contribution < 1.29 is 9.18 Å². The minimum Gasteiger partial charge on any atom is -0.339 e. The molecule has 2 aromatic heterocycles. The lowest BCUT2D eigenvalue weighted by Gasteiger charge is -2.22. The quantitative estimate of drug-likeness (QED) is 0.640. The second kappa shape index (κ2) is 7.17. The fourth-order valence-electron chi connectivity index (χ4n) is 3.35. The van der Waals surface area contributed by atoms with Gasteiger partial charge in [-0.25, -0.2) is 4.39 Å². The van der Waals surface area contributed by atoms with Gasteiger partial charge in [0.25, 0.3) is 5.91 Å². The predicted octanol–water partition coefficient (Wildman–Crippen LogP) is 5.24. The maximum absolute atomic E-state index is 13.4. The minimum atomic E-state index is -0.336.